The largest absolute Gasteiger partial charge is 0.493 e. The van der Waals surface area contributed by atoms with Crippen LogP contribution in [0.5, 0.6) is 0 Å². The summed E-state index contributed by atoms with van der Waals surface area (Å²) in [7, 11) is 3.08. The van der Waals surface area contributed by atoms with Gasteiger partial charge in [0, 0.05) is 11.3 Å². The number of anilines is 1. The number of hydrogen-bond donors (Lipinski definition) is 2. The summed E-state index contributed by atoms with van der Waals surface area (Å²) in [5.74, 6) is 0.643. The van der Waals surface area contributed by atoms with Crippen LogP contribution in [0.3, 0.4) is 0 Å². The molecular weight excluding hydrogens is 485 g/mol. The molecule has 1 aromatic heterocycles. The highest BCUT2D eigenvalue weighted by atomic mass is 35.5. The number of hydrogen-bond acceptors (Lipinski definition) is 6. The molecule has 1 aliphatic carbocycles. The number of carbonyl (C=O) groups excluding carboxylic acids is 1. The van der Waals surface area contributed by atoms with Crippen LogP contribution in [0.4, 0.5) is 10.1 Å². The zero-order valence-corrected chi connectivity index (χ0v) is 20.8. The fraction of sp³-hybridized carbons (Fsp3) is 0.231. The predicted octanol–water partition coefficient (Wildman–Crippen LogP) is 5.42. The van der Waals surface area contributed by atoms with Gasteiger partial charge >= 0.3 is 0 Å². The Hall–Kier alpha value is -3.98. The number of rotatable bonds is 9. The minimum Gasteiger partial charge on any atom is -0.493 e. The van der Waals surface area contributed by atoms with Gasteiger partial charge in [0.15, 0.2) is 17.3 Å². The van der Waals surface area contributed by atoms with Gasteiger partial charge in [-0.3, -0.25) is 4.79 Å². The van der Waals surface area contributed by atoms with E-state index in [2.05, 4.69) is 32.5 Å². The number of nitrogens with one attached hydrogen (secondary N) is 2. The maximum atomic E-state index is 14.1. The van der Waals surface area contributed by atoms with Crippen LogP contribution in [0.2, 0.25) is 5.02 Å². The molecule has 1 aliphatic rings. The van der Waals surface area contributed by atoms with Crippen LogP contribution in [0.1, 0.15) is 30.9 Å². The number of nitrogens with zero attached hydrogens (tertiary/aromatic N) is 3. The molecule has 2 aromatic carbocycles. The van der Waals surface area contributed by atoms with E-state index >= 15 is 0 Å². The first-order chi connectivity index (χ1) is 17.3. The number of H-pyrrole nitrogens is 1. The van der Waals surface area contributed by atoms with Crippen molar-refractivity contribution >= 4 is 28.8 Å². The molecule has 1 saturated carbocycles. The van der Waals surface area contributed by atoms with Gasteiger partial charge < -0.3 is 14.8 Å². The first-order valence-electron chi connectivity index (χ1n) is 11.1. The highest BCUT2D eigenvalue weighted by Crippen LogP contribution is 2.49. The van der Waals surface area contributed by atoms with Gasteiger partial charge in [-0.25, -0.2) is 9.49 Å². The lowest BCUT2D eigenvalue weighted by molar-refractivity contribution is -0.118. The zero-order chi connectivity index (χ0) is 25.9. The van der Waals surface area contributed by atoms with Gasteiger partial charge in [0.05, 0.1) is 24.7 Å². The summed E-state index contributed by atoms with van der Waals surface area (Å²) in [6.45, 7) is 5.65. The fourth-order valence-corrected chi connectivity index (χ4v) is 4.16. The molecule has 3 aromatic rings. The van der Waals surface area contributed by atoms with Crippen LogP contribution in [0.25, 0.3) is 17.0 Å². The van der Waals surface area contributed by atoms with Crippen molar-refractivity contribution in [3.8, 4) is 11.4 Å². The summed E-state index contributed by atoms with van der Waals surface area (Å²) in [6.07, 6.45) is 4.62. The molecule has 0 spiro atoms. The second-order valence-electron chi connectivity index (χ2n) is 8.34. The Morgan fingerprint density at radius 2 is 1.94 bits per heavy atom. The molecule has 0 unspecified atom stereocenters. The van der Waals surface area contributed by atoms with Gasteiger partial charge in [0.25, 0.3) is 0 Å². The smallest absolute Gasteiger partial charge is 0.235 e. The average molecular weight is 510 g/mol. The van der Waals surface area contributed by atoms with Crippen LogP contribution >= 0.6 is 11.6 Å². The van der Waals surface area contributed by atoms with Crippen LogP contribution in [0.15, 0.2) is 66.6 Å². The van der Waals surface area contributed by atoms with Crippen molar-refractivity contribution < 1.29 is 18.7 Å². The van der Waals surface area contributed by atoms with Gasteiger partial charge in [-0.2, -0.15) is 0 Å². The van der Waals surface area contributed by atoms with E-state index in [0.717, 1.165) is 11.1 Å². The van der Waals surface area contributed by atoms with Crippen LogP contribution in [0, 0.1) is 5.82 Å². The predicted molar refractivity (Wildman–Crippen MR) is 135 cm³/mol. The van der Waals surface area contributed by atoms with Gasteiger partial charge in [-0.15, -0.1) is 5.10 Å². The SMILES string of the molecule is C=C/C(OC)=C(\C=C(/C)c1ccc(NC(=O)C2(c3ccc(Cl)c(F)c3)CC2)cc1-c1nnn[nH]1)OC. The van der Waals surface area contributed by atoms with Crippen molar-refractivity contribution in [2.24, 2.45) is 0 Å². The number of carbonyl (C=O) groups is 1. The Balaban J connectivity index is 1.68. The third-order valence-corrected chi connectivity index (χ3v) is 6.48. The van der Waals surface area contributed by atoms with E-state index in [9.17, 15) is 9.18 Å². The van der Waals surface area contributed by atoms with E-state index in [1.54, 1.807) is 31.4 Å². The number of aromatic nitrogens is 4. The third-order valence-electron chi connectivity index (χ3n) is 6.18. The zero-order valence-electron chi connectivity index (χ0n) is 20.1. The number of halogens is 2. The first kappa shape index (κ1) is 25.1. The molecule has 10 heteroatoms. The van der Waals surface area contributed by atoms with E-state index in [0.29, 0.717) is 47.0 Å². The Labute approximate surface area is 212 Å². The van der Waals surface area contributed by atoms with E-state index in [-0.39, 0.29) is 10.9 Å². The maximum absolute atomic E-state index is 14.1. The Kier molecular flexibility index (Phi) is 7.21. The summed E-state index contributed by atoms with van der Waals surface area (Å²) in [6, 6.07) is 9.93. The first-order valence-corrected chi connectivity index (χ1v) is 11.5. The van der Waals surface area contributed by atoms with Gasteiger partial charge in [0.1, 0.15) is 5.82 Å². The molecule has 4 rings (SSSR count). The van der Waals surface area contributed by atoms with Crippen molar-refractivity contribution in [2.45, 2.75) is 25.2 Å². The number of allylic oxidation sites excluding steroid dienone is 3. The van der Waals surface area contributed by atoms with Crippen LogP contribution < -0.4 is 5.32 Å². The molecular formula is C26H25ClFN5O3. The molecule has 0 radical (unpaired) electrons. The van der Waals surface area contributed by atoms with Crippen molar-refractivity contribution in [1.29, 1.82) is 0 Å². The number of aromatic amines is 1. The minimum absolute atomic E-state index is 0.0245. The quantitative estimate of drug-likeness (QED) is 0.295. The van der Waals surface area contributed by atoms with Gasteiger partial charge in [-0.1, -0.05) is 30.3 Å². The number of tetrazole rings is 1. The summed E-state index contributed by atoms with van der Waals surface area (Å²) in [5.41, 5.74) is 2.68. The lowest BCUT2D eigenvalue weighted by atomic mass is 9.94. The number of amides is 1. The van der Waals surface area contributed by atoms with Crippen molar-refractivity contribution in [3.05, 3.63) is 88.6 Å². The molecule has 0 saturated heterocycles. The highest BCUT2D eigenvalue weighted by molar-refractivity contribution is 6.30. The molecule has 0 bridgehead atoms. The Bertz CT molecular complexity index is 1360. The third kappa shape index (κ3) is 4.87. The number of methoxy groups -OCH3 is 2. The standard InChI is InChI=1S/C26H25ClFN5O3/c1-5-22(35-3)23(36-4)12-15(2)18-8-7-17(14-19(18)24-30-32-33-31-24)29-25(34)26(10-11-26)16-6-9-20(27)21(28)13-16/h5-9,12-14H,1,10-11H2,2-4H3,(H,29,34)(H,30,31,32,33)/b15-12+,23-22-. The van der Waals surface area contributed by atoms with Crippen LogP contribution in [-0.2, 0) is 19.7 Å². The number of benzene rings is 2. The summed E-state index contributed by atoms with van der Waals surface area (Å²) < 4.78 is 24.8. The lowest BCUT2D eigenvalue weighted by Gasteiger charge is -2.17. The second-order valence-corrected chi connectivity index (χ2v) is 8.75. The molecule has 36 heavy (non-hydrogen) atoms. The van der Waals surface area contributed by atoms with E-state index < -0.39 is 11.2 Å². The highest BCUT2D eigenvalue weighted by Gasteiger charge is 2.51. The normalized spacial score (nSPS) is 15.1. The van der Waals surface area contributed by atoms with E-state index in [1.807, 2.05) is 19.1 Å². The molecule has 8 nitrogen and oxygen atoms in total. The van der Waals surface area contributed by atoms with Crippen LogP contribution in [-0.4, -0.2) is 40.8 Å². The lowest BCUT2D eigenvalue weighted by Crippen LogP contribution is -2.28. The molecule has 186 valence electrons. The molecule has 0 atom stereocenters. The molecule has 1 amide bonds. The van der Waals surface area contributed by atoms with E-state index in [4.69, 9.17) is 21.1 Å². The number of ether oxygens (including phenoxy) is 2. The summed E-state index contributed by atoms with van der Waals surface area (Å²) in [5, 5.41) is 17.2. The fourth-order valence-electron chi connectivity index (χ4n) is 4.04. The van der Waals surface area contributed by atoms with E-state index in [1.165, 1.54) is 19.2 Å². The van der Waals surface area contributed by atoms with Crippen molar-refractivity contribution in [3.63, 3.8) is 0 Å². The monoisotopic (exact) mass is 509 g/mol. The maximum Gasteiger partial charge on any atom is 0.235 e. The van der Waals surface area contributed by atoms with Crippen molar-refractivity contribution in [1.82, 2.24) is 20.6 Å². The average Bonchev–Trinajstić information content (AvgIpc) is 3.51. The van der Waals surface area contributed by atoms with Gasteiger partial charge in [-0.05, 0) is 83.3 Å². The second kappa shape index (κ2) is 10.3. The molecule has 1 heterocycles. The minimum atomic E-state index is -0.784. The Morgan fingerprint density at radius 1 is 1.19 bits per heavy atom. The van der Waals surface area contributed by atoms with Gasteiger partial charge in [0.2, 0.25) is 5.91 Å². The molecule has 2 N–H and O–H groups in total. The molecule has 1 fully saturated rings. The summed E-state index contributed by atoms with van der Waals surface area (Å²) >= 11 is 5.82. The summed E-state index contributed by atoms with van der Waals surface area (Å²) in [4.78, 5) is 13.3. The Morgan fingerprint density at radius 3 is 2.53 bits per heavy atom. The topological polar surface area (TPSA) is 102 Å². The molecule has 0 aliphatic heterocycles. The van der Waals surface area contributed by atoms with Crippen molar-refractivity contribution in [2.75, 3.05) is 19.5 Å².